The molecule has 240 valence electrons. The van der Waals surface area contributed by atoms with Gasteiger partial charge in [0.15, 0.2) is 18.0 Å². The van der Waals surface area contributed by atoms with Crippen LogP contribution in [-0.4, -0.2) is 65.4 Å². The number of allylic oxidation sites excluding steroid dienone is 4. The van der Waals surface area contributed by atoms with Crippen molar-refractivity contribution in [2.75, 3.05) is 19.8 Å². The topological polar surface area (TPSA) is 125 Å². The summed E-state index contributed by atoms with van der Waals surface area (Å²) >= 11 is 7.55. The minimum absolute atomic E-state index is 0.0549. The fourth-order valence-corrected chi connectivity index (χ4v) is 9.10. The number of ketones is 2. The fourth-order valence-electron chi connectivity index (χ4n) is 8.58. The van der Waals surface area contributed by atoms with E-state index in [1.54, 1.807) is 6.08 Å². The second-order valence-corrected chi connectivity index (χ2v) is 14.3. The molecule has 0 bridgehead atoms. The van der Waals surface area contributed by atoms with E-state index in [0.29, 0.717) is 25.7 Å². The Hall–Kier alpha value is -2.39. The van der Waals surface area contributed by atoms with E-state index in [1.165, 1.54) is 6.08 Å². The van der Waals surface area contributed by atoms with Crippen molar-refractivity contribution in [3.05, 3.63) is 23.8 Å². The Labute approximate surface area is 259 Å². The highest BCUT2D eigenvalue weighted by Crippen LogP contribution is 2.72. The molecule has 1 unspecified atom stereocenters. The van der Waals surface area contributed by atoms with E-state index < -0.39 is 58.0 Å². The molecule has 3 fully saturated rings. The lowest BCUT2D eigenvalue weighted by molar-refractivity contribution is -0.185. The first kappa shape index (κ1) is 33.5. The van der Waals surface area contributed by atoms with E-state index in [9.17, 15) is 24.3 Å². The summed E-state index contributed by atoms with van der Waals surface area (Å²) in [5.74, 6) is -1.58. The van der Waals surface area contributed by atoms with Crippen LogP contribution >= 0.6 is 11.6 Å². The van der Waals surface area contributed by atoms with Crippen molar-refractivity contribution in [3.8, 4) is 0 Å². The highest BCUT2D eigenvalue weighted by atomic mass is 35.5. The number of hydrogen-bond acceptors (Lipinski definition) is 9. The van der Waals surface area contributed by atoms with Crippen LogP contribution in [0.1, 0.15) is 86.5 Å². The average molecular weight is 623 g/mol. The molecule has 4 aliphatic carbocycles. The molecule has 0 aromatic rings. The maximum absolute atomic E-state index is 14.2. The molecule has 0 aliphatic heterocycles. The predicted octanol–water partition coefficient (Wildman–Crippen LogP) is 6.33. The van der Waals surface area contributed by atoms with Crippen molar-refractivity contribution < 1.29 is 43.2 Å². The Kier molecular flexibility index (Phi) is 9.77. The summed E-state index contributed by atoms with van der Waals surface area (Å²) in [4.78, 5) is 50.8. The van der Waals surface area contributed by atoms with Gasteiger partial charge in [0.25, 0.3) is 0 Å². The Morgan fingerprint density at radius 2 is 1.81 bits per heavy atom. The maximum atomic E-state index is 14.2. The van der Waals surface area contributed by atoms with Crippen LogP contribution < -0.4 is 0 Å². The summed E-state index contributed by atoms with van der Waals surface area (Å²) in [5, 5.41) is 12.0. The van der Waals surface area contributed by atoms with Gasteiger partial charge in [0.1, 0.15) is 0 Å². The number of rotatable bonds is 10. The van der Waals surface area contributed by atoms with Crippen LogP contribution in [0, 0.1) is 34.5 Å². The van der Waals surface area contributed by atoms with Gasteiger partial charge in [-0.2, -0.15) is 0 Å². The van der Waals surface area contributed by atoms with Gasteiger partial charge in [0.2, 0.25) is 5.78 Å². The molecule has 43 heavy (non-hydrogen) atoms. The molecule has 10 heteroatoms. The number of halogens is 1. The highest BCUT2D eigenvalue weighted by molar-refractivity contribution is 6.26. The first-order chi connectivity index (χ1) is 20.2. The van der Waals surface area contributed by atoms with Crippen LogP contribution in [0.25, 0.3) is 0 Å². The average Bonchev–Trinajstić information content (AvgIpc) is 3.16. The molecule has 0 radical (unpaired) electrons. The number of hydrogen-bond donors (Lipinski definition) is 1. The number of alkyl halides is 1. The maximum Gasteiger partial charge on any atom is 0.509 e. The number of fused-ring (bicyclic) bond motifs is 5. The second-order valence-electron chi connectivity index (χ2n) is 13.7. The van der Waals surface area contributed by atoms with Crippen LogP contribution in [0.2, 0.25) is 0 Å². The third-order valence-electron chi connectivity index (χ3n) is 10.7. The van der Waals surface area contributed by atoms with Crippen LogP contribution in [0.3, 0.4) is 0 Å². The third kappa shape index (κ3) is 5.54. The Morgan fingerprint density at radius 1 is 1.09 bits per heavy atom. The van der Waals surface area contributed by atoms with Crippen LogP contribution in [0.5, 0.6) is 0 Å². The minimum Gasteiger partial charge on any atom is -0.434 e. The lowest BCUT2D eigenvalue weighted by atomic mass is 9.45. The lowest BCUT2D eigenvalue weighted by Crippen LogP contribution is -2.69. The zero-order chi connectivity index (χ0) is 31.8. The first-order valence-electron chi connectivity index (χ1n) is 15.7. The third-order valence-corrected chi connectivity index (χ3v) is 11.6. The summed E-state index contributed by atoms with van der Waals surface area (Å²) in [6, 6.07) is 0. The van der Waals surface area contributed by atoms with E-state index in [0.717, 1.165) is 18.4 Å². The van der Waals surface area contributed by atoms with Crippen molar-refractivity contribution in [3.63, 3.8) is 0 Å². The van der Waals surface area contributed by atoms with Gasteiger partial charge < -0.3 is 24.1 Å². The molecule has 0 aromatic carbocycles. The second kappa shape index (κ2) is 12.5. The summed E-state index contributed by atoms with van der Waals surface area (Å²) in [6.45, 7) is 11.1. The van der Waals surface area contributed by atoms with Crippen molar-refractivity contribution >= 4 is 35.5 Å². The van der Waals surface area contributed by atoms with Gasteiger partial charge >= 0.3 is 12.3 Å². The molecule has 0 saturated heterocycles. The molecule has 0 heterocycles. The van der Waals surface area contributed by atoms with Crippen LogP contribution in [0.15, 0.2) is 23.8 Å². The predicted molar refractivity (Wildman–Crippen MR) is 159 cm³/mol. The number of carbonyl (C=O) groups excluding carboxylic acids is 4. The number of aliphatic hydroxyl groups excluding tert-OH is 1. The highest BCUT2D eigenvalue weighted by Gasteiger charge is 2.76. The number of unbranched alkanes of at least 4 members (excludes halogenated alkanes) is 2. The normalized spacial score (nSPS) is 38.0. The molecule has 8 atom stereocenters. The van der Waals surface area contributed by atoms with Crippen molar-refractivity contribution in [1.82, 2.24) is 0 Å². The van der Waals surface area contributed by atoms with Gasteiger partial charge in [-0.3, -0.25) is 9.59 Å². The van der Waals surface area contributed by atoms with Crippen LogP contribution in [0.4, 0.5) is 9.59 Å². The molecular formula is C33H47ClO9. The number of carbonyl (C=O) groups is 4. The summed E-state index contributed by atoms with van der Waals surface area (Å²) in [6.07, 6.45) is 6.14. The zero-order valence-electron chi connectivity index (χ0n) is 26.3. The van der Waals surface area contributed by atoms with Gasteiger partial charge in [-0.1, -0.05) is 66.0 Å². The number of Topliss-reactive ketones (excluding diaryl/α,β-unsaturated/α-hetero) is 1. The van der Waals surface area contributed by atoms with Crippen molar-refractivity contribution in [2.45, 2.75) is 103 Å². The molecule has 0 aromatic heterocycles. The standard InChI is InChI=1S/C33H47ClO9/c1-7-8-9-14-40-29(39)43-33(27(37)19-42-28(38)41-18-20(2)3)21(4)15-25-24-11-10-22-16-23(35)12-13-30(22,5)32(24,34)26(36)17-31(25,33)6/h12-13,16,20-21,24-26,36H,7-11,14-15,17-19H2,1-6H3/t21-,24+,25+,26?,30+,31+,32+,33+/m1/s1. The number of aliphatic hydroxyl groups is 1. The van der Waals surface area contributed by atoms with Gasteiger partial charge in [0, 0.05) is 16.7 Å². The molecule has 1 N–H and O–H groups in total. The van der Waals surface area contributed by atoms with E-state index >= 15 is 0 Å². The number of ether oxygens (including phenoxy) is 4. The van der Waals surface area contributed by atoms with E-state index in [4.69, 9.17) is 30.5 Å². The molecule has 0 spiro atoms. The van der Waals surface area contributed by atoms with E-state index in [2.05, 4.69) is 0 Å². The quantitative estimate of drug-likeness (QED) is 0.169. The summed E-state index contributed by atoms with van der Waals surface area (Å²) in [7, 11) is 0. The molecule has 4 rings (SSSR count). The lowest BCUT2D eigenvalue weighted by Gasteiger charge is -2.64. The minimum atomic E-state index is -1.74. The largest absolute Gasteiger partial charge is 0.509 e. The fraction of sp³-hybridized carbons (Fsp3) is 0.758. The van der Waals surface area contributed by atoms with E-state index in [1.807, 2.05) is 47.6 Å². The molecule has 0 amide bonds. The smallest absolute Gasteiger partial charge is 0.434 e. The first-order valence-corrected chi connectivity index (χ1v) is 16.0. The molecule has 4 aliphatic rings. The monoisotopic (exact) mass is 622 g/mol. The molecule has 9 nitrogen and oxygen atoms in total. The Balaban J connectivity index is 1.69. The van der Waals surface area contributed by atoms with Crippen molar-refractivity contribution in [1.29, 1.82) is 0 Å². The van der Waals surface area contributed by atoms with Gasteiger partial charge in [0.05, 0.1) is 24.2 Å². The van der Waals surface area contributed by atoms with E-state index in [-0.39, 0.29) is 43.2 Å². The van der Waals surface area contributed by atoms with Gasteiger partial charge in [-0.15, -0.1) is 11.6 Å². The summed E-state index contributed by atoms with van der Waals surface area (Å²) in [5.41, 5.74) is -2.67. The van der Waals surface area contributed by atoms with Crippen LogP contribution in [-0.2, 0) is 28.5 Å². The molecule has 3 saturated carbocycles. The van der Waals surface area contributed by atoms with Gasteiger partial charge in [-0.05, 0) is 62.0 Å². The Morgan fingerprint density at radius 3 is 2.49 bits per heavy atom. The zero-order valence-corrected chi connectivity index (χ0v) is 27.0. The van der Waals surface area contributed by atoms with Gasteiger partial charge in [-0.25, -0.2) is 9.59 Å². The Bertz CT molecular complexity index is 1180. The summed E-state index contributed by atoms with van der Waals surface area (Å²) < 4.78 is 21.8. The molecular weight excluding hydrogens is 576 g/mol. The SMILES string of the molecule is CCCCCOC(=O)O[C@]1(C(=O)COC(=O)OCC(C)C)[C@H](C)C[C@H]2[C@@H]3CCC4=CC(=O)C=C[C@]4(C)[C@@]3(Cl)C(O)C[C@@]21C. The van der Waals surface area contributed by atoms with Crippen molar-refractivity contribution in [2.24, 2.45) is 34.5 Å².